The van der Waals surface area contributed by atoms with E-state index in [1.54, 1.807) is 61.8 Å². The highest BCUT2D eigenvalue weighted by Gasteiger charge is 2.44. The van der Waals surface area contributed by atoms with E-state index in [1.807, 2.05) is 13.0 Å². The van der Waals surface area contributed by atoms with Gasteiger partial charge in [0.15, 0.2) is 11.5 Å². The summed E-state index contributed by atoms with van der Waals surface area (Å²) in [5, 5.41) is 10.7. The van der Waals surface area contributed by atoms with Gasteiger partial charge in [0.1, 0.15) is 11.5 Å². The van der Waals surface area contributed by atoms with Crippen LogP contribution in [0.4, 0.5) is 0 Å². The van der Waals surface area contributed by atoms with Gasteiger partial charge >= 0.3 is 0 Å². The highest BCUT2D eigenvalue weighted by atomic mass is 16.5. The third kappa shape index (κ3) is 3.94. The molecule has 1 amide bonds. The van der Waals surface area contributed by atoms with E-state index in [0.717, 1.165) is 5.56 Å². The van der Waals surface area contributed by atoms with Crippen molar-refractivity contribution in [3.63, 3.8) is 0 Å². The van der Waals surface area contributed by atoms with Gasteiger partial charge in [0.2, 0.25) is 5.78 Å². The number of benzene rings is 1. The van der Waals surface area contributed by atoms with E-state index in [4.69, 9.17) is 9.15 Å². The summed E-state index contributed by atoms with van der Waals surface area (Å²) in [6.45, 7) is 4.25. The van der Waals surface area contributed by atoms with Crippen LogP contribution in [0.2, 0.25) is 0 Å². The normalized spacial score (nSPS) is 16.1. The molecule has 1 aliphatic rings. The van der Waals surface area contributed by atoms with Crippen LogP contribution in [0.3, 0.4) is 0 Å². The lowest BCUT2D eigenvalue weighted by atomic mass is 9.94. The molecule has 0 bridgehead atoms. The maximum absolute atomic E-state index is 13.3. The second-order valence-electron chi connectivity index (χ2n) is 7.20. The van der Waals surface area contributed by atoms with Crippen LogP contribution in [0.1, 0.15) is 40.4 Å². The Morgan fingerprint density at radius 2 is 2.06 bits per heavy atom. The van der Waals surface area contributed by atoms with Gasteiger partial charge in [-0.3, -0.25) is 14.6 Å². The number of aromatic nitrogens is 1. The number of pyridine rings is 1. The number of aliphatic hydroxyl groups is 1. The first kappa shape index (κ1) is 20.4. The number of ketones is 1. The van der Waals surface area contributed by atoms with Crippen LogP contribution < -0.4 is 4.74 Å². The first-order chi connectivity index (χ1) is 15.0. The number of carbonyl (C=O) groups excluding carboxylic acids is 2. The molecule has 7 heteroatoms. The molecular formula is C24H22N2O5. The SMILES string of the molecule is CCOc1cccc([C@@H]2C(C(=O)c3ccc(C)o3)=C(O)C(=O)N2Cc2cccnc2)c1. The zero-order chi connectivity index (χ0) is 22.0. The Balaban J connectivity index is 1.80. The predicted molar refractivity (Wildman–Crippen MR) is 113 cm³/mol. The standard InChI is InChI=1S/C24H22N2O5/c1-3-30-18-8-4-7-17(12-18)21-20(22(27)19-10-9-15(2)31-19)23(28)24(29)26(21)14-16-6-5-11-25-13-16/h4-13,21,28H,3,14H2,1-2H3/t21-/m1/s1. The predicted octanol–water partition coefficient (Wildman–Crippen LogP) is 4.16. The van der Waals surface area contributed by atoms with Crippen LogP contribution in [0.15, 0.2) is 76.7 Å². The van der Waals surface area contributed by atoms with E-state index in [0.29, 0.717) is 23.7 Å². The molecule has 7 nitrogen and oxygen atoms in total. The molecule has 3 aromatic rings. The second kappa shape index (κ2) is 8.47. The van der Waals surface area contributed by atoms with E-state index in [9.17, 15) is 14.7 Å². The lowest BCUT2D eigenvalue weighted by molar-refractivity contribution is -0.130. The Morgan fingerprint density at radius 1 is 1.23 bits per heavy atom. The van der Waals surface area contributed by atoms with Crippen LogP contribution >= 0.6 is 0 Å². The minimum atomic E-state index is -0.800. The van der Waals surface area contributed by atoms with Crippen molar-refractivity contribution in [3.8, 4) is 5.75 Å². The number of rotatable bonds is 7. The van der Waals surface area contributed by atoms with Crippen molar-refractivity contribution >= 4 is 11.7 Å². The number of Topliss-reactive ketones (excluding diaryl/α,β-unsaturated/α-hetero) is 1. The number of nitrogens with zero attached hydrogens (tertiary/aromatic N) is 2. The van der Waals surface area contributed by atoms with Gasteiger partial charge in [0.25, 0.3) is 5.91 Å². The fourth-order valence-corrected chi connectivity index (χ4v) is 3.71. The molecule has 0 unspecified atom stereocenters. The van der Waals surface area contributed by atoms with E-state index in [2.05, 4.69) is 4.98 Å². The fourth-order valence-electron chi connectivity index (χ4n) is 3.71. The molecule has 0 saturated heterocycles. The molecule has 1 atom stereocenters. The van der Waals surface area contributed by atoms with Crippen LogP contribution in [-0.2, 0) is 11.3 Å². The average Bonchev–Trinajstić information content (AvgIpc) is 3.31. The van der Waals surface area contributed by atoms with Crippen LogP contribution in [0.25, 0.3) is 0 Å². The monoisotopic (exact) mass is 418 g/mol. The van der Waals surface area contributed by atoms with Crippen LogP contribution in [0, 0.1) is 6.92 Å². The second-order valence-corrected chi connectivity index (χ2v) is 7.20. The number of amides is 1. The molecule has 0 fully saturated rings. The number of hydrogen-bond donors (Lipinski definition) is 1. The van der Waals surface area contributed by atoms with E-state index >= 15 is 0 Å². The summed E-state index contributed by atoms with van der Waals surface area (Å²) in [6.07, 6.45) is 3.29. The zero-order valence-electron chi connectivity index (χ0n) is 17.2. The van der Waals surface area contributed by atoms with Gasteiger partial charge in [0, 0.05) is 18.9 Å². The Kier molecular flexibility index (Phi) is 5.58. The molecule has 3 heterocycles. The van der Waals surface area contributed by atoms with Crippen LogP contribution in [-0.4, -0.2) is 33.3 Å². The van der Waals surface area contributed by atoms with Crippen molar-refractivity contribution in [2.75, 3.05) is 6.61 Å². The van der Waals surface area contributed by atoms with Crippen molar-refractivity contribution < 1.29 is 23.8 Å². The number of aryl methyl sites for hydroxylation is 1. The van der Waals surface area contributed by atoms with Gasteiger partial charge in [-0.15, -0.1) is 0 Å². The van der Waals surface area contributed by atoms with Gasteiger partial charge in [-0.1, -0.05) is 18.2 Å². The lowest BCUT2D eigenvalue weighted by Gasteiger charge is -2.27. The summed E-state index contributed by atoms with van der Waals surface area (Å²) < 4.78 is 11.1. The molecule has 31 heavy (non-hydrogen) atoms. The molecule has 1 aliphatic heterocycles. The van der Waals surface area contributed by atoms with E-state index in [1.165, 1.54) is 4.90 Å². The maximum atomic E-state index is 13.3. The highest BCUT2D eigenvalue weighted by molar-refractivity contribution is 6.15. The third-order valence-electron chi connectivity index (χ3n) is 5.07. The van der Waals surface area contributed by atoms with Crippen molar-refractivity contribution in [2.45, 2.75) is 26.4 Å². The Morgan fingerprint density at radius 3 is 2.74 bits per heavy atom. The summed E-state index contributed by atoms with van der Waals surface area (Å²) in [4.78, 5) is 31.9. The molecule has 158 valence electrons. The topological polar surface area (TPSA) is 92.9 Å². The van der Waals surface area contributed by atoms with Crippen molar-refractivity contribution in [3.05, 3.63) is 94.9 Å². The van der Waals surface area contributed by atoms with Gasteiger partial charge in [0.05, 0.1) is 18.2 Å². The third-order valence-corrected chi connectivity index (χ3v) is 5.07. The maximum Gasteiger partial charge on any atom is 0.290 e. The molecule has 4 rings (SSSR count). The Bertz CT molecular complexity index is 1150. The van der Waals surface area contributed by atoms with Gasteiger partial charge < -0.3 is 19.2 Å². The molecule has 1 aromatic carbocycles. The van der Waals surface area contributed by atoms with Crippen molar-refractivity contribution in [2.24, 2.45) is 0 Å². The van der Waals surface area contributed by atoms with Crippen LogP contribution in [0.5, 0.6) is 5.75 Å². The first-order valence-corrected chi connectivity index (χ1v) is 9.96. The molecule has 0 saturated carbocycles. The quantitative estimate of drug-likeness (QED) is 0.579. The summed E-state index contributed by atoms with van der Waals surface area (Å²) >= 11 is 0. The summed E-state index contributed by atoms with van der Waals surface area (Å²) in [6, 6.07) is 13.2. The summed E-state index contributed by atoms with van der Waals surface area (Å²) in [7, 11) is 0. The molecular weight excluding hydrogens is 396 g/mol. The van der Waals surface area contributed by atoms with Gasteiger partial charge in [-0.25, -0.2) is 0 Å². The minimum Gasteiger partial charge on any atom is -0.503 e. The van der Waals surface area contributed by atoms with Crippen molar-refractivity contribution in [1.29, 1.82) is 0 Å². The smallest absolute Gasteiger partial charge is 0.290 e. The Labute approximate surface area is 179 Å². The molecule has 1 N–H and O–H groups in total. The number of carbonyl (C=O) groups is 2. The zero-order valence-corrected chi connectivity index (χ0v) is 17.2. The average molecular weight is 418 g/mol. The van der Waals surface area contributed by atoms with Crippen molar-refractivity contribution in [1.82, 2.24) is 9.88 Å². The van der Waals surface area contributed by atoms with E-state index in [-0.39, 0.29) is 17.9 Å². The largest absolute Gasteiger partial charge is 0.503 e. The van der Waals surface area contributed by atoms with Gasteiger partial charge in [-0.2, -0.15) is 0 Å². The fraction of sp³-hybridized carbons (Fsp3) is 0.208. The number of ether oxygens (including phenoxy) is 1. The molecule has 0 radical (unpaired) electrons. The number of aliphatic hydroxyl groups excluding tert-OH is 1. The minimum absolute atomic E-state index is 0.0168. The Hall–Kier alpha value is -3.87. The molecule has 0 spiro atoms. The summed E-state index contributed by atoms with van der Waals surface area (Å²) in [5.74, 6) is -0.478. The number of furan rings is 1. The molecule has 0 aliphatic carbocycles. The molecule has 2 aromatic heterocycles. The number of hydrogen-bond acceptors (Lipinski definition) is 6. The lowest BCUT2D eigenvalue weighted by Crippen LogP contribution is -2.30. The highest BCUT2D eigenvalue weighted by Crippen LogP contribution is 2.40. The van der Waals surface area contributed by atoms with Gasteiger partial charge in [-0.05, 0) is 55.3 Å². The van der Waals surface area contributed by atoms with E-state index < -0.39 is 23.5 Å². The summed E-state index contributed by atoms with van der Waals surface area (Å²) in [5.41, 5.74) is 1.41. The first-order valence-electron chi connectivity index (χ1n) is 9.96.